The van der Waals surface area contributed by atoms with Crippen molar-refractivity contribution in [2.75, 3.05) is 19.0 Å². The van der Waals surface area contributed by atoms with Crippen molar-refractivity contribution in [3.8, 4) is 5.75 Å². The number of Topliss-reactive ketones (excluding diaryl/α,β-unsaturated/α-hetero) is 3. The average Bonchev–Trinajstić information content (AvgIpc) is 3.30. The van der Waals surface area contributed by atoms with E-state index in [-0.39, 0.29) is 35.6 Å². The lowest BCUT2D eigenvalue weighted by molar-refractivity contribution is -0.144. The van der Waals surface area contributed by atoms with Crippen molar-refractivity contribution in [3.63, 3.8) is 0 Å². The maximum absolute atomic E-state index is 14.1. The molecule has 0 saturated carbocycles. The van der Waals surface area contributed by atoms with Crippen LogP contribution in [0, 0.1) is 17.8 Å². The minimum atomic E-state index is -2.49. The fraction of sp³-hybridized carbons (Fsp3) is 0.406. The summed E-state index contributed by atoms with van der Waals surface area (Å²) in [5, 5.41) is 44.8. The van der Waals surface area contributed by atoms with Crippen molar-refractivity contribution in [2.24, 2.45) is 17.8 Å². The van der Waals surface area contributed by atoms with Crippen LogP contribution in [0.3, 0.4) is 0 Å². The van der Waals surface area contributed by atoms with Gasteiger partial charge in [-0.15, -0.1) is 0 Å². The smallest absolute Gasteiger partial charge is 0.209 e. The number of phenols is 1. The quantitative estimate of drug-likeness (QED) is 0.429. The number of anilines is 1. The predicted molar refractivity (Wildman–Crippen MR) is 148 cm³/mol. The summed E-state index contributed by atoms with van der Waals surface area (Å²) < 4.78 is 0. The highest BCUT2D eigenvalue weighted by molar-refractivity contribution is 6.25. The zero-order valence-electron chi connectivity index (χ0n) is 22.8. The summed E-state index contributed by atoms with van der Waals surface area (Å²) in [5.41, 5.74) is 1.62. The lowest BCUT2D eigenvalue weighted by Crippen LogP contribution is -2.56. The van der Waals surface area contributed by atoms with Crippen molar-refractivity contribution >= 4 is 23.0 Å². The molecular weight excluding hydrogens is 510 g/mol. The number of ketones is 3. The topological polar surface area (TPSA) is 135 Å². The third-order valence-corrected chi connectivity index (χ3v) is 9.35. The van der Waals surface area contributed by atoms with E-state index in [0.29, 0.717) is 24.0 Å². The summed E-state index contributed by atoms with van der Waals surface area (Å²) in [5.74, 6) is -4.92. The number of carbonyl (C=O) groups is 3. The zero-order valence-corrected chi connectivity index (χ0v) is 22.8. The lowest BCUT2D eigenvalue weighted by atomic mass is 9.60. The molecular formula is C32H33NO7. The largest absolute Gasteiger partial charge is 0.511 e. The van der Waals surface area contributed by atoms with E-state index in [1.165, 1.54) is 11.1 Å². The summed E-state index contributed by atoms with van der Waals surface area (Å²) in [4.78, 5) is 41.4. The zero-order chi connectivity index (χ0) is 28.7. The summed E-state index contributed by atoms with van der Waals surface area (Å²) >= 11 is 0. The maximum Gasteiger partial charge on any atom is 0.209 e. The summed E-state index contributed by atoms with van der Waals surface area (Å²) in [6, 6.07) is 10.2. The number of aliphatic hydroxyl groups is 3. The van der Waals surface area contributed by atoms with Crippen LogP contribution in [0.25, 0.3) is 0 Å². The van der Waals surface area contributed by atoms with Gasteiger partial charge < -0.3 is 25.3 Å². The molecule has 0 unspecified atom stereocenters. The number of allylic oxidation sites excluding steroid dienone is 2. The van der Waals surface area contributed by atoms with E-state index in [1.807, 2.05) is 37.2 Å². The molecule has 0 aromatic heterocycles. The minimum absolute atomic E-state index is 0.0880. The molecule has 0 bridgehead atoms. The highest BCUT2D eigenvalue weighted by Crippen LogP contribution is 2.53. The van der Waals surface area contributed by atoms with E-state index in [2.05, 4.69) is 12.1 Å². The lowest BCUT2D eigenvalue weighted by Gasteiger charge is -2.46. The van der Waals surface area contributed by atoms with Crippen molar-refractivity contribution in [2.45, 2.75) is 51.0 Å². The van der Waals surface area contributed by atoms with Crippen molar-refractivity contribution in [1.82, 2.24) is 0 Å². The first-order chi connectivity index (χ1) is 18.9. The number of benzene rings is 2. The summed E-state index contributed by atoms with van der Waals surface area (Å²) in [6.45, 7) is 1.11. The molecule has 0 saturated heterocycles. The van der Waals surface area contributed by atoms with E-state index < -0.39 is 51.9 Å². The van der Waals surface area contributed by atoms with Gasteiger partial charge in [0.05, 0.1) is 5.56 Å². The van der Waals surface area contributed by atoms with E-state index in [0.717, 1.165) is 25.5 Å². The van der Waals surface area contributed by atoms with Crippen LogP contribution in [0.2, 0.25) is 0 Å². The first-order valence-corrected chi connectivity index (χ1v) is 13.7. The second-order valence-electron chi connectivity index (χ2n) is 12.0. The van der Waals surface area contributed by atoms with Gasteiger partial charge in [-0.05, 0) is 79.2 Å². The Morgan fingerprint density at radius 3 is 2.27 bits per heavy atom. The molecule has 4 aliphatic rings. The van der Waals surface area contributed by atoms with Crippen LogP contribution in [0.15, 0.2) is 53.0 Å². The predicted octanol–water partition coefficient (Wildman–Crippen LogP) is 3.71. The molecule has 2 aromatic rings. The Morgan fingerprint density at radius 1 is 1.02 bits per heavy atom. The molecule has 3 atom stereocenters. The molecule has 0 amide bonds. The number of hydrogen-bond donors (Lipinski definition) is 4. The number of aromatic hydroxyl groups is 1. The summed E-state index contributed by atoms with van der Waals surface area (Å²) in [7, 11) is 3.75. The van der Waals surface area contributed by atoms with Crippen molar-refractivity contribution < 1.29 is 34.8 Å². The van der Waals surface area contributed by atoms with Gasteiger partial charge in [0.2, 0.25) is 5.78 Å². The molecule has 4 aliphatic carbocycles. The van der Waals surface area contributed by atoms with Gasteiger partial charge in [-0.2, -0.15) is 0 Å². The van der Waals surface area contributed by atoms with Crippen molar-refractivity contribution in [3.05, 3.63) is 80.8 Å². The number of phenolic OH excluding ortho intramolecular Hbond substituents is 1. The van der Waals surface area contributed by atoms with Gasteiger partial charge in [0.1, 0.15) is 22.8 Å². The number of rotatable bonds is 4. The fourth-order valence-electron chi connectivity index (χ4n) is 7.49. The molecule has 0 radical (unpaired) electrons. The summed E-state index contributed by atoms with van der Waals surface area (Å²) in [6.07, 6.45) is 2.61. The molecule has 208 valence electrons. The second-order valence-corrected chi connectivity index (χ2v) is 12.0. The van der Waals surface area contributed by atoms with Gasteiger partial charge in [0.25, 0.3) is 0 Å². The third-order valence-electron chi connectivity index (χ3n) is 9.35. The number of aliphatic hydroxyl groups excluding tert-OH is 2. The van der Waals surface area contributed by atoms with Crippen LogP contribution in [-0.4, -0.2) is 57.5 Å². The maximum atomic E-state index is 14.1. The van der Waals surface area contributed by atoms with Crippen LogP contribution in [0.4, 0.5) is 5.69 Å². The molecule has 8 heteroatoms. The minimum Gasteiger partial charge on any atom is -0.511 e. The van der Waals surface area contributed by atoms with Gasteiger partial charge in [0, 0.05) is 37.7 Å². The normalized spacial score (nSPS) is 25.9. The molecule has 6 rings (SSSR count). The Balaban J connectivity index is 1.44. The molecule has 2 aromatic carbocycles. The molecule has 0 fully saturated rings. The molecule has 0 aliphatic heterocycles. The fourth-order valence-corrected chi connectivity index (χ4v) is 7.49. The van der Waals surface area contributed by atoms with Crippen molar-refractivity contribution in [1.29, 1.82) is 0 Å². The Morgan fingerprint density at radius 2 is 1.68 bits per heavy atom. The Bertz CT molecular complexity index is 1540. The number of fused-ring (bicyclic) bond motifs is 4. The van der Waals surface area contributed by atoms with Gasteiger partial charge in [0.15, 0.2) is 17.2 Å². The number of nitrogens with zero attached hydrogens (tertiary/aromatic N) is 1. The van der Waals surface area contributed by atoms with Crippen LogP contribution in [-0.2, 0) is 35.3 Å². The van der Waals surface area contributed by atoms with E-state index in [4.69, 9.17) is 0 Å². The molecule has 0 spiro atoms. The molecule has 4 N–H and O–H groups in total. The van der Waals surface area contributed by atoms with E-state index in [9.17, 15) is 34.8 Å². The van der Waals surface area contributed by atoms with Gasteiger partial charge in [-0.1, -0.05) is 24.3 Å². The van der Waals surface area contributed by atoms with E-state index in [1.54, 1.807) is 0 Å². The Kier molecular flexibility index (Phi) is 5.96. The first-order valence-electron chi connectivity index (χ1n) is 13.7. The monoisotopic (exact) mass is 543 g/mol. The van der Waals surface area contributed by atoms with Gasteiger partial charge >= 0.3 is 0 Å². The molecule has 40 heavy (non-hydrogen) atoms. The van der Waals surface area contributed by atoms with Crippen LogP contribution < -0.4 is 4.90 Å². The number of carbonyl (C=O) groups excluding carboxylic acids is 3. The third kappa shape index (κ3) is 3.65. The Hall–Kier alpha value is -3.91. The molecule has 8 nitrogen and oxygen atoms in total. The van der Waals surface area contributed by atoms with Crippen LogP contribution in [0.5, 0.6) is 5.75 Å². The molecule has 0 heterocycles. The van der Waals surface area contributed by atoms with E-state index >= 15 is 0 Å². The standard InChI is InChI=1S/C32H33NO7/c1-15(34)25-24(35)14-21-11-19-12-22-23(33(2)3)13-20(10-16-8-17-6-4-5-7-18(17)9-16)28(36)27(22)29(37)26(19)31(39)32(21,40)30(25)38/h4-7,13,16,19,21,35-36,39-40H,8-12,14H2,1-3H3/t19-,21+,32-/m1/s1. The van der Waals surface area contributed by atoms with Gasteiger partial charge in [-0.3, -0.25) is 14.4 Å². The van der Waals surface area contributed by atoms with Crippen LogP contribution >= 0.6 is 0 Å². The first kappa shape index (κ1) is 26.3. The van der Waals surface area contributed by atoms with Crippen LogP contribution in [0.1, 0.15) is 52.4 Å². The second kappa shape index (κ2) is 9.06. The highest BCUT2D eigenvalue weighted by atomic mass is 16.3. The Labute approximate surface area is 232 Å². The highest BCUT2D eigenvalue weighted by Gasteiger charge is 2.59. The SMILES string of the molecule is CC(=O)C1=C(O)C[C@@H]2C[C@@H]3Cc4c(N(C)C)cc(CC5Cc6ccccc6C5)c(O)c4C(=O)C3=C(O)[C@]2(O)C1=O. The number of hydrogen-bond acceptors (Lipinski definition) is 8. The average molecular weight is 544 g/mol. The van der Waals surface area contributed by atoms with Gasteiger partial charge in [-0.25, -0.2) is 0 Å².